The zero-order chi connectivity index (χ0) is 9.84. The van der Waals surface area contributed by atoms with Crippen molar-refractivity contribution < 1.29 is 19.1 Å². The molecule has 1 rings (SSSR count). The van der Waals surface area contributed by atoms with Crippen LogP contribution in [0.3, 0.4) is 0 Å². The molecule has 0 bridgehead atoms. The molecule has 1 aromatic rings. The lowest BCUT2D eigenvalue weighted by atomic mass is 10.1. The Morgan fingerprint density at radius 2 is 1.85 bits per heavy atom. The van der Waals surface area contributed by atoms with Crippen LogP contribution in [0.1, 0.15) is 5.56 Å². The zero-order valence-electron chi connectivity index (χ0n) is 6.77. The smallest absolute Gasteiger partial charge is 0.512 e. The van der Waals surface area contributed by atoms with E-state index in [0.29, 0.717) is 5.56 Å². The molecule has 0 fully saturated rings. The summed E-state index contributed by atoms with van der Waals surface area (Å²) >= 11 is 0. The van der Waals surface area contributed by atoms with Crippen molar-refractivity contribution in [2.75, 3.05) is 0 Å². The topological polar surface area (TPSA) is 49.7 Å². The van der Waals surface area contributed by atoms with Gasteiger partial charge in [0.2, 0.25) is 0 Å². The van der Waals surface area contributed by atoms with Gasteiger partial charge in [0.1, 0.15) is 11.6 Å². The van der Waals surface area contributed by atoms with Crippen LogP contribution in [0.5, 0.6) is 0 Å². The molecule has 0 unspecified atom stereocenters. The Hall–Kier alpha value is -1.33. The quantitative estimate of drug-likeness (QED) is 0.536. The lowest BCUT2D eigenvalue weighted by Gasteiger charge is -2.07. The van der Waals surface area contributed by atoms with Gasteiger partial charge >= 0.3 is 7.32 Å². The second-order valence-corrected chi connectivity index (χ2v) is 2.37. The van der Waals surface area contributed by atoms with Crippen LogP contribution >= 0.6 is 0 Å². The summed E-state index contributed by atoms with van der Waals surface area (Å²) in [7, 11) is -1.91. The molecule has 2 N–H and O–H groups in total. The number of hydrogen-bond acceptors (Lipinski definition) is 3. The van der Waals surface area contributed by atoms with Gasteiger partial charge in [0, 0.05) is 5.56 Å². The molecule has 0 aliphatic rings. The Morgan fingerprint density at radius 1 is 1.31 bits per heavy atom. The Kier molecular flexibility index (Phi) is 3.05. The fourth-order valence-electron chi connectivity index (χ4n) is 0.831. The minimum Gasteiger partial charge on any atom is -0.512 e. The van der Waals surface area contributed by atoms with Crippen LogP contribution in [0.25, 0.3) is 5.76 Å². The average Bonchev–Trinajstić information content (AvgIpc) is 2.04. The molecule has 68 valence electrons. The molecule has 0 heterocycles. The third-order valence-electron chi connectivity index (χ3n) is 1.41. The Bertz CT molecular complexity index is 297. The maximum absolute atomic E-state index is 12.4. The predicted octanol–water partition coefficient (Wildman–Crippen LogP) is 0.782. The van der Waals surface area contributed by atoms with Crippen LogP contribution in [-0.4, -0.2) is 17.4 Å². The van der Waals surface area contributed by atoms with Crippen molar-refractivity contribution in [1.29, 1.82) is 0 Å². The highest BCUT2D eigenvalue weighted by Gasteiger charge is 2.12. The first-order valence-corrected chi connectivity index (χ1v) is 3.57. The van der Waals surface area contributed by atoms with Gasteiger partial charge < -0.3 is 14.7 Å². The largest absolute Gasteiger partial charge is 0.707 e. The molecule has 0 saturated carbocycles. The number of benzene rings is 1. The summed E-state index contributed by atoms with van der Waals surface area (Å²) < 4.78 is 16.9. The lowest BCUT2D eigenvalue weighted by molar-refractivity contribution is 0.271. The zero-order valence-corrected chi connectivity index (χ0v) is 6.77. The maximum Gasteiger partial charge on any atom is 0.707 e. The highest BCUT2D eigenvalue weighted by molar-refractivity contribution is 6.34. The van der Waals surface area contributed by atoms with Crippen molar-refractivity contribution in [2.24, 2.45) is 0 Å². The maximum atomic E-state index is 12.4. The summed E-state index contributed by atoms with van der Waals surface area (Å²) in [6, 6.07) is 5.32. The van der Waals surface area contributed by atoms with E-state index in [1.54, 1.807) is 0 Å². The number of halogens is 1. The van der Waals surface area contributed by atoms with Crippen LogP contribution < -0.4 is 0 Å². The Labute approximate surface area is 75.3 Å². The second-order valence-electron chi connectivity index (χ2n) is 2.37. The van der Waals surface area contributed by atoms with E-state index in [-0.39, 0.29) is 11.6 Å². The first-order valence-electron chi connectivity index (χ1n) is 3.57. The van der Waals surface area contributed by atoms with Gasteiger partial charge in [0.25, 0.3) is 0 Å². The van der Waals surface area contributed by atoms with Crippen molar-refractivity contribution in [2.45, 2.75) is 0 Å². The molecule has 0 saturated heterocycles. The van der Waals surface area contributed by atoms with Gasteiger partial charge in [-0.25, -0.2) is 4.39 Å². The molecule has 1 aromatic carbocycles. The van der Waals surface area contributed by atoms with Crippen molar-refractivity contribution in [1.82, 2.24) is 0 Å². The predicted molar refractivity (Wildman–Crippen MR) is 46.7 cm³/mol. The van der Waals surface area contributed by atoms with Gasteiger partial charge in [-0.3, -0.25) is 0 Å². The Balaban J connectivity index is 2.72. The molecule has 0 spiro atoms. The fourth-order valence-corrected chi connectivity index (χ4v) is 0.831. The molecule has 0 aliphatic heterocycles. The summed E-state index contributed by atoms with van der Waals surface area (Å²) in [4.78, 5) is 0. The highest BCUT2D eigenvalue weighted by atomic mass is 19.1. The molecular weight excluding hydrogens is 174 g/mol. The van der Waals surface area contributed by atoms with Gasteiger partial charge in [0.05, 0.1) is 0 Å². The standard InChI is InChI=1S/C8H8BFO3/c1-6(13-9(11)12)7-2-4-8(10)5-3-7/h2-5,11-12H,1H2. The highest BCUT2D eigenvalue weighted by Crippen LogP contribution is 2.13. The van der Waals surface area contributed by atoms with E-state index in [9.17, 15) is 4.39 Å². The van der Waals surface area contributed by atoms with Crippen LogP contribution in [0.4, 0.5) is 4.39 Å². The van der Waals surface area contributed by atoms with E-state index in [1.165, 1.54) is 24.3 Å². The third-order valence-corrected chi connectivity index (χ3v) is 1.41. The monoisotopic (exact) mass is 182 g/mol. The summed E-state index contributed by atoms with van der Waals surface area (Å²) in [5.41, 5.74) is 0.495. The van der Waals surface area contributed by atoms with Crippen LogP contribution in [-0.2, 0) is 4.65 Å². The van der Waals surface area contributed by atoms with Crippen molar-refractivity contribution in [3.05, 3.63) is 42.2 Å². The molecule has 3 nitrogen and oxygen atoms in total. The van der Waals surface area contributed by atoms with Crippen molar-refractivity contribution in [3.8, 4) is 0 Å². The van der Waals surface area contributed by atoms with Gasteiger partial charge in [-0.05, 0) is 24.3 Å². The molecule has 0 atom stereocenters. The second kappa shape index (κ2) is 4.07. The number of hydrogen-bond donors (Lipinski definition) is 2. The first-order chi connectivity index (χ1) is 6.09. The molecule has 0 aliphatic carbocycles. The van der Waals surface area contributed by atoms with E-state index in [2.05, 4.69) is 11.2 Å². The van der Waals surface area contributed by atoms with E-state index in [4.69, 9.17) is 10.0 Å². The molecular formula is C8H8BFO3. The van der Waals surface area contributed by atoms with Crippen LogP contribution in [0.2, 0.25) is 0 Å². The molecule has 0 amide bonds. The molecule has 0 aromatic heterocycles. The van der Waals surface area contributed by atoms with Crippen molar-refractivity contribution >= 4 is 13.1 Å². The summed E-state index contributed by atoms with van der Waals surface area (Å²) in [6.45, 7) is 3.43. The molecule has 13 heavy (non-hydrogen) atoms. The SMILES string of the molecule is C=C(OB(O)O)c1ccc(F)cc1. The third kappa shape index (κ3) is 2.89. The minimum absolute atomic E-state index is 0.0787. The van der Waals surface area contributed by atoms with Gasteiger partial charge in [0.15, 0.2) is 0 Å². The van der Waals surface area contributed by atoms with Crippen molar-refractivity contribution in [3.63, 3.8) is 0 Å². The van der Waals surface area contributed by atoms with Gasteiger partial charge in [-0.15, -0.1) is 0 Å². The van der Waals surface area contributed by atoms with E-state index in [1.807, 2.05) is 0 Å². The number of rotatable bonds is 3. The van der Waals surface area contributed by atoms with E-state index in [0.717, 1.165) is 0 Å². The minimum atomic E-state index is -1.91. The van der Waals surface area contributed by atoms with Gasteiger partial charge in [-0.1, -0.05) is 6.58 Å². The van der Waals surface area contributed by atoms with E-state index < -0.39 is 7.32 Å². The fraction of sp³-hybridized carbons (Fsp3) is 0. The van der Waals surface area contributed by atoms with Crippen LogP contribution in [0.15, 0.2) is 30.8 Å². The Morgan fingerprint density at radius 3 is 2.31 bits per heavy atom. The normalized spacial score (nSPS) is 9.46. The van der Waals surface area contributed by atoms with E-state index >= 15 is 0 Å². The summed E-state index contributed by atoms with van der Waals surface area (Å²) in [5.74, 6) is -0.295. The first kappa shape index (κ1) is 9.76. The molecule has 5 heteroatoms. The lowest BCUT2D eigenvalue weighted by Crippen LogP contribution is -2.15. The van der Waals surface area contributed by atoms with Gasteiger partial charge in [-0.2, -0.15) is 0 Å². The van der Waals surface area contributed by atoms with Crippen LogP contribution in [0, 0.1) is 5.82 Å². The summed E-state index contributed by atoms with van der Waals surface area (Å²) in [5, 5.41) is 16.9. The molecule has 0 radical (unpaired) electrons. The average molecular weight is 182 g/mol. The summed E-state index contributed by atoms with van der Waals surface area (Å²) in [6.07, 6.45) is 0.